The average molecular weight is 300 g/mol. The molecular weight excluding hydrogens is 282 g/mol. The maximum atomic E-state index is 11.6. The van der Waals surface area contributed by atoms with Gasteiger partial charge in [0.15, 0.2) is 0 Å². The Morgan fingerprint density at radius 3 is 2.40 bits per heavy atom. The number of carbonyl (C=O) groups excluding carboxylic acids is 1. The molecule has 6 heteroatoms. The molecular formula is C14H18ClNO4. The number of alkyl carbamates (subject to hydrolysis) is 1. The smallest absolute Gasteiger partial charge is 0.408 e. The number of hydrogen-bond acceptors (Lipinski definition) is 3. The predicted molar refractivity (Wildman–Crippen MR) is 76.2 cm³/mol. The van der Waals surface area contributed by atoms with Gasteiger partial charge in [0.25, 0.3) is 0 Å². The summed E-state index contributed by atoms with van der Waals surface area (Å²) in [6.45, 7) is 7.08. The van der Waals surface area contributed by atoms with Crippen molar-refractivity contribution in [2.75, 3.05) is 0 Å². The molecule has 0 aliphatic heterocycles. The van der Waals surface area contributed by atoms with Crippen LogP contribution in [0.5, 0.6) is 0 Å². The molecule has 0 aliphatic rings. The van der Waals surface area contributed by atoms with E-state index >= 15 is 0 Å². The summed E-state index contributed by atoms with van der Waals surface area (Å²) in [6, 6.07) is 4.20. The second-order valence-electron chi connectivity index (χ2n) is 5.41. The Labute approximate surface area is 122 Å². The number of rotatable bonds is 3. The Morgan fingerprint density at radius 1 is 1.35 bits per heavy atom. The van der Waals surface area contributed by atoms with Crippen LogP contribution in [0.15, 0.2) is 18.2 Å². The second-order valence-corrected chi connectivity index (χ2v) is 5.82. The predicted octanol–water partition coefficient (Wildman–Crippen LogP) is 3.62. The van der Waals surface area contributed by atoms with Gasteiger partial charge in [-0.15, -0.1) is 0 Å². The zero-order valence-electron chi connectivity index (χ0n) is 11.9. The third-order valence-electron chi connectivity index (χ3n) is 2.46. The summed E-state index contributed by atoms with van der Waals surface area (Å²) in [7, 11) is 0. The molecule has 1 aromatic carbocycles. The topological polar surface area (TPSA) is 75.6 Å². The van der Waals surface area contributed by atoms with Crippen molar-refractivity contribution < 1.29 is 19.4 Å². The highest BCUT2D eigenvalue weighted by Gasteiger charge is 2.19. The minimum Gasteiger partial charge on any atom is -0.478 e. The van der Waals surface area contributed by atoms with Crippen LogP contribution in [0.2, 0.25) is 5.02 Å². The van der Waals surface area contributed by atoms with Crippen molar-refractivity contribution in [3.05, 3.63) is 34.3 Å². The number of halogens is 1. The summed E-state index contributed by atoms with van der Waals surface area (Å²) in [5.41, 5.74) is 0.153. The third kappa shape index (κ3) is 4.74. The van der Waals surface area contributed by atoms with E-state index in [4.69, 9.17) is 21.4 Å². The SMILES string of the molecule is C[C@H](NC(=O)OC(C)(C)C)c1ccc(C(=O)O)c(Cl)c1. The van der Waals surface area contributed by atoms with Crippen LogP contribution in [0, 0.1) is 0 Å². The van der Waals surface area contributed by atoms with Crippen molar-refractivity contribution in [2.45, 2.75) is 39.3 Å². The van der Waals surface area contributed by atoms with Crippen LogP contribution in [0.25, 0.3) is 0 Å². The summed E-state index contributed by atoms with van der Waals surface area (Å²) in [6.07, 6.45) is -0.538. The highest BCUT2D eigenvalue weighted by molar-refractivity contribution is 6.33. The summed E-state index contributed by atoms with van der Waals surface area (Å²) in [5.74, 6) is -1.09. The highest BCUT2D eigenvalue weighted by atomic mass is 35.5. The fourth-order valence-corrected chi connectivity index (χ4v) is 1.81. The first-order valence-electron chi connectivity index (χ1n) is 6.12. The minimum atomic E-state index is -1.09. The van der Waals surface area contributed by atoms with E-state index in [1.54, 1.807) is 33.8 Å². The zero-order valence-corrected chi connectivity index (χ0v) is 12.6. The van der Waals surface area contributed by atoms with E-state index in [1.165, 1.54) is 12.1 Å². The van der Waals surface area contributed by atoms with Crippen molar-refractivity contribution in [3.8, 4) is 0 Å². The molecule has 1 rings (SSSR count). The van der Waals surface area contributed by atoms with Crippen molar-refractivity contribution >= 4 is 23.7 Å². The van der Waals surface area contributed by atoms with E-state index in [-0.39, 0.29) is 16.6 Å². The fourth-order valence-electron chi connectivity index (χ4n) is 1.54. The monoisotopic (exact) mass is 299 g/mol. The number of amides is 1. The van der Waals surface area contributed by atoms with Crippen molar-refractivity contribution in [1.82, 2.24) is 5.32 Å². The molecule has 0 aliphatic carbocycles. The number of carboxylic acid groups (broad SMARTS) is 1. The second kappa shape index (κ2) is 6.13. The van der Waals surface area contributed by atoms with Crippen LogP contribution in [0.3, 0.4) is 0 Å². The van der Waals surface area contributed by atoms with Gasteiger partial charge in [-0.1, -0.05) is 17.7 Å². The van der Waals surface area contributed by atoms with Gasteiger partial charge in [-0.3, -0.25) is 0 Å². The molecule has 0 bridgehead atoms. The van der Waals surface area contributed by atoms with Crippen LogP contribution < -0.4 is 5.32 Å². The molecule has 0 heterocycles. The Hall–Kier alpha value is -1.75. The molecule has 2 N–H and O–H groups in total. The largest absolute Gasteiger partial charge is 0.478 e. The molecule has 1 amide bonds. The Kier molecular flexibility index (Phi) is 5.00. The van der Waals surface area contributed by atoms with Gasteiger partial charge in [0.1, 0.15) is 5.60 Å². The first-order chi connectivity index (χ1) is 9.10. The molecule has 0 radical (unpaired) electrons. The molecule has 0 saturated carbocycles. The summed E-state index contributed by atoms with van der Waals surface area (Å²) in [4.78, 5) is 22.5. The number of benzene rings is 1. The first kappa shape index (κ1) is 16.3. The van der Waals surface area contributed by atoms with Crippen molar-refractivity contribution in [1.29, 1.82) is 0 Å². The molecule has 1 aromatic rings. The Balaban J connectivity index is 2.78. The average Bonchev–Trinajstić information content (AvgIpc) is 2.25. The number of carbonyl (C=O) groups is 2. The number of aromatic carboxylic acids is 1. The summed E-state index contributed by atoms with van der Waals surface area (Å²) < 4.78 is 5.14. The molecule has 0 fully saturated rings. The summed E-state index contributed by atoms with van der Waals surface area (Å²) in [5, 5.41) is 11.7. The number of ether oxygens (including phenoxy) is 1. The van der Waals surface area contributed by atoms with E-state index in [0.29, 0.717) is 5.56 Å². The van der Waals surface area contributed by atoms with Gasteiger partial charge >= 0.3 is 12.1 Å². The number of nitrogens with one attached hydrogen (secondary N) is 1. The normalized spacial score (nSPS) is 12.7. The van der Waals surface area contributed by atoms with Crippen LogP contribution >= 0.6 is 11.6 Å². The summed E-state index contributed by atoms with van der Waals surface area (Å²) >= 11 is 5.89. The first-order valence-corrected chi connectivity index (χ1v) is 6.50. The maximum absolute atomic E-state index is 11.6. The van der Waals surface area contributed by atoms with E-state index < -0.39 is 17.7 Å². The van der Waals surface area contributed by atoms with Gasteiger partial charge in [-0.05, 0) is 45.4 Å². The van der Waals surface area contributed by atoms with E-state index in [1.807, 2.05) is 0 Å². The molecule has 5 nitrogen and oxygen atoms in total. The van der Waals surface area contributed by atoms with Crippen LogP contribution in [-0.2, 0) is 4.74 Å². The standard InChI is InChI=1S/C14H18ClNO4/c1-8(16-13(19)20-14(2,3)4)9-5-6-10(12(17)18)11(15)7-9/h5-8H,1-4H3,(H,16,19)(H,17,18)/t8-/m0/s1. The van der Waals surface area contributed by atoms with Crippen LogP contribution in [0.1, 0.15) is 49.7 Å². The van der Waals surface area contributed by atoms with Gasteiger partial charge < -0.3 is 15.2 Å². The fraction of sp³-hybridized carbons (Fsp3) is 0.429. The van der Waals surface area contributed by atoms with E-state index in [0.717, 1.165) is 0 Å². The Morgan fingerprint density at radius 2 is 1.95 bits per heavy atom. The minimum absolute atomic E-state index is 0.0277. The molecule has 0 spiro atoms. The van der Waals surface area contributed by atoms with Gasteiger partial charge in [-0.25, -0.2) is 9.59 Å². The molecule has 0 unspecified atom stereocenters. The molecule has 1 atom stereocenters. The third-order valence-corrected chi connectivity index (χ3v) is 2.77. The van der Waals surface area contributed by atoms with Gasteiger partial charge in [0.2, 0.25) is 0 Å². The quantitative estimate of drug-likeness (QED) is 0.893. The van der Waals surface area contributed by atoms with Crippen molar-refractivity contribution in [2.24, 2.45) is 0 Å². The molecule has 20 heavy (non-hydrogen) atoms. The van der Waals surface area contributed by atoms with E-state index in [9.17, 15) is 9.59 Å². The highest BCUT2D eigenvalue weighted by Crippen LogP contribution is 2.22. The van der Waals surface area contributed by atoms with E-state index in [2.05, 4.69) is 5.32 Å². The number of carboxylic acids is 1. The van der Waals surface area contributed by atoms with Gasteiger partial charge in [0.05, 0.1) is 16.6 Å². The van der Waals surface area contributed by atoms with Crippen LogP contribution in [-0.4, -0.2) is 22.8 Å². The van der Waals surface area contributed by atoms with Gasteiger partial charge in [-0.2, -0.15) is 0 Å². The molecule has 0 saturated heterocycles. The lowest BCUT2D eigenvalue weighted by Gasteiger charge is -2.22. The van der Waals surface area contributed by atoms with Crippen molar-refractivity contribution in [3.63, 3.8) is 0 Å². The van der Waals surface area contributed by atoms with Crippen LogP contribution in [0.4, 0.5) is 4.79 Å². The lowest BCUT2D eigenvalue weighted by atomic mass is 10.1. The number of hydrogen-bond donors (Lipinski definition) is 2. The molecule has 110 valence electrons. The zero-order chi connectivity index (χ0) is 15.5. The lowest BCUT2D eigenvalue weighted by Crippen LogP contribution is -2.34. The Bertz CT molecular complexity index is 522. The lowest BCUT2D eigenvalue weighted by molar-refractivity contribution is 0.0507. The molecule has 0 aromatic heterocycles. The maximum Gasteiger partial charge on any atom is 0.408 e. The van der Waals surface area contributed by atoms with Gasteiger partial charge in [0, 0.05) is 0 Å².